The van der Waals surface area contributed by atoms with Gasteiger partial charge in [-0.15, -0.1) is 5.11 Å². The fraction of sp³-hybridized carbons (Fsp3) is 0.176. The third-order valence-electron chi connectivity index (χ3n) is 3.72. The number of nitrogens with one attached hydrogen (secondary N) is 1. The predicted octanol–water partition coefficient (Wildman–Crippen LogP) is 5.81. The van der Waals surface area contributed by atoms with E-state index in [9.17, 15) is 5.11 Å². The Balaban J connectivity index is 2.08. The molecule has 1 aromatic heterocycles. The Kier molecular flexibility index (Phi) is 3.86. The van der Waals surface area contributed by atoms with Crippen molar-refractivity contribution < 1.29 is 5.11 Å². The van der Waals surface area contributed by atoms with Gasteiger partial charge in [-0.3, -0.25) is 0 Å². The minimum atomic E-state index is 0.0201. The molecular weight excluding hydrogens is 298 g/mol. The second-order valence-corrected chi connectivity index (χ2v) is 5.55. The summed E-state index contributed by atoms with van der Waals surface area (Å²) in [5.41, 5.74) is 4.02. The average molecular weight is 314 g/mol. The summed E-state index contributed by atoms with van der Waals surface area (Å²) in [6.45, 7) is 3.98. The summed E-state index contributed by atoms with van der Waals surface area (Å²) in [7, 11) is 0. The van der Waals surface area contributed by atoms with Gasteiger partial charge in [0, 0.05) is 10.4 Å². The minimum absolute atomic E-state index is 0.0201. The minimum Gasteiger partial charge on any atom is -0.493 e. The fourth-order valence-corrected chi connectivity index (χ4v) is 2.51. The molecule has 0 saturated carbocycles. The Morgan fingerprint density at radius 2 is 2.00 bits per heavy atom. The van der Waals surface area contributed by atoms with Crippen LogP contribution in [-0.2, 0) is 6.42 Å². The fourth-order valence-electron chi connectivity index (χ4n) is 2.34. The lowest BCUT2D eigenvalue weighted by atomic mass is 10.1. The Labute approximate surface area is 133 Å². The molecule has 0 fully saturated rings. The van der Waals surface area contributed by atoms with Crippen molar-refractivity contribution in [1.82, 2.24) is 4.98 Å². The number of H-pyrrole nitrogens is 1. The number of halogens is 1. The van der Waals surface area contributed by atoms with E-state index in [1.165, 1.54) is 5.56 Å². The highest BCUT2D eigenvalue weighted by Gasteiger charge is 2.11. The number of aromatic amines is 1. The van der Waals surface area contributed by atoms with Crippen molar-refractivity contribution in [2.45, 2.75) is 20.3 Å². The van der Waals surface area contributed by atoms with E-state index < -0.39 is 0 Å². The summed E-state index contributed by atoms with van der Waals surface area (Å²) >= 11 is 6.08. The van der Waals surface area contributed by atoms with E-state index in [4.69, 9.17) is 11.6 Å². The summed E-state index contributed by atoms with van der Waals surface area (Å²) in [6.07, 6.45) is 0.922. The van der Waals surface area contributed by atoms with Crippen LogP contribution in [0.15, 0.2) is 46.6 Å². The van der Waals surface area contributed by atoms with Crippen LogP contribution >= 0.6 is 11.6 Å². The van der Waals surface area contributed by atoms with Gasteiger partial charge in [0.25, 0.3) is 0 Å². The van der Waals surface area contributed by atoms with E-state index in [0.717, 1.165) is 22.9 Å². The molecular formula is C17H16ClN3O. The highest BCUT2D eigenvalue weighted by Crippen LogP contribution is 2.37. The zero-order chi connectivity index (χ0) is 15.7. The van der Waals surface area contributed by atoms with E-state index in [2.05, 4.69) is 22.1 Å². The van der Waals surface area contributed by atoms with E-state index >= 15 is 0 Å². The predicted molar refractivity (Wildman–Crippen MR) is 89.7 cm³/mol. The maximum absolute atomic E-state index is 10.1. The first-order valence-corrected chi connectivity index (χ1v) is 7.48. The molecule has 0 aliphatic heterocycles. The van der Waals surface area contributed by atoms with Crippen LogP contribution in [0, 0.1) is 6.92 Å². The van der Waals surface area contributed by atoms with Crippen molar-refractivity contribution in [1.29, 1.82) is 0 Å². The second-order valence-electron chi connectivity index (χ2n) is 5.14. The normalized spacial score (nSPS) is 11.6. The van der Waals surface area contributed by atoms with E-state index in [0.29, 0.717) is 16.4 Å². The molecule has 2 N–H and O–H groups in total. The molecule has 3 rings (SSSR count). The quantitative estimate of drug-likeness (QED) is 0.588. The molecule has 0 bridgehead atoms. The third kappa shape index (κ3) is 2.57. The number of nitrogens with zero attached hydrogens (tertiary/aromatic N) is 2. The first-order chi connectivity index (χ1) is 10.6. The van der Waals surface area contributed by atoms with Gasteiger partial charge in [-0.1, -0.05) is 30.7 Å². The molecule has 112 valence electrons. The Hall–Kier alpha value is -2.33. The van der Waals surface area contributed by atoms with Crippen molar-refractivity contribution in [2.75, 3.05) is 0 Å². The topological polar surface area (TPSA) is 60.7 Å². The maximum Gasteiger partial charge on any atom is 0.218 e. The van der Waals surface area contributed by atoms with Crippen LogP contribution in [0.4, 0.5) is 11.4 Å². The Morgan fingerprint density at radius 1 is 1.18 bits per heavy atom. The monoisotopic (exact) mass is 313 g/mol. The van der Waals surface area contributed by atoms with Crippen molar-refractivity contribution in [2.24, 2.45) is 10.2 Å². The molecule has 5 heteroatoms. The second kappa shape index (κ2) is 5.81. The first-order valence-electron chi connectivity index (χ1n) is 7.10. The van der Waals surface area contributed by atoms with Crippen LogP contribution in [0.2, 0.25) is 5.02 Å². The molecule has 0 aliphatic rings. The van der Waals surface area contributed by atoms with Crippen molar-refractivity contribution >= 4 is 33.9 Å². The number of fused-ring (bicyclic) bond motifs is 1. The molecule has 0 spiro atoms. The molecule has 0 unspecified atom stereocenters. The van der Waals surface area contributed by atoms with Gasteiger partial charge in [-0.25, -0.2) is 0 Å². The number of hydrogen-bond donors (Lipinski definition) is 2. The molecule has 2 aromatic carbocycles. The van der Waals surface area contributed by atoms with Crippen LogP contribution in [0.25, 0.3) is 10.9 Å². The smallest absolute Gasteiger partial charge is 0.218 e. The highest BCUT2D eigenvalue weighted by molar-refractivity contribution is 6.31. The Morgan fingerprint density at radius 3 is 2.77 bits per heavy atom. The lowest BCUT2D eigenvalue weighted by Gasteiger charge is -2.00. The zero-order valence-electron chi connectivity index (χ0n) is 12.4. The van der Waals surface area contributed by atoms with Crippen molar-refractivity contribution in [3.8, 4) is 5.88 Å². The van der Waals surface area contributed by atoms with Crippen LogP contribution in [0.5, 0.6) is 5.88 Å². The summed E-state index contributed by atoms with van der Waals surface area (Å²) in [5.74, 6) is 0.0201. The maximum atomic E-state index is 10.1. The zero-order valence-corrected chi connectivity index (χ0v) is 13.1. The molecule has 0 saturated heterocycles. The highest BCUT2D eigenvalue weighted by atomic mass is 35.5. The molecule has 0 amide bonds. The van der Waals surface area contributed by atoms with Gasteiger partial charge >= 0.3 is 0 Å². The lowest BCUT2D eigenvalue weighted by Crippen LogP contribution is -1.78. The number of aromatic hydroxyl groups is 1. The number of azo groups is 1. The van der Waals surface area contributed by atoms with Crippen LogP contribution in [-0.4, -0.2) is 10.1 Å². The molecule has 0 aliphatic carbocycles. The molecule has 4 nitrogen and oxygen atoms in total. The number of aryl methyl sites for hydroxylation is 1. The van der Waals surface area contributed by atoms with E-state index in [-0.39, 0.29) is 5.88 Å². The van der Waals surface area contributed by atoms with Crippen molar-refractivity contribution in [3.05, 3.63) is 52.5 Å². The molecule has 0 radical (unpaired) electrons. The Bertz CT molecular complexity index is 868. The largest absolute Gasteiger partial charge is 0.493 e. The van der Waals surface area contributed by atoms with Gasteiger partial charge in [0.15, 0.2) is 5.69 Å². The van der Waals surface area contributed by atoms with Gasteiger partial charge in [0.1, 0.15) is 0 Å². The SMILES string of the molecule is CCc1ccc2[nH]c(O)c(N=Nc3cccc(Cl)c3C)c2c1. The first kappa shape index (κ1) is 14.6. The van der Waals surface area contributed by atoms with Crippen LogP contribution < -0.4 is 0 Å². The van der Waals surface area contributed by atoms with Crippen molar-refractivity contribution in [3.63, 3.8) is 0 Å². The molecule has 0 atom stereocenters. The standard InChI is InChI=1S/C17H16ClN3O/c1-3-11-7-8-15-12(9-11)16(17(22)19-15)21-20-14-6-4-5-13(18)10(14)2/h4-9,19,22H,3H2,1-2H3. The third-order valence-corrected chi connectivity index (χ3v) is 4.13. The lowest BCUT2D eigenvalue weighted by molar-refractivity contribution is 0.459. The number of aromatic nitrogens is 1. The van der Waals surface area contributed by atoms with Gasteiger partial charge in [0.05, 0.1) is 11.2 Å². The summed E-state index contributed by atoms with van der Waals surface area (Å²) in [6, 6.07) is 11.5. The van der Waals surface area contributed by atoms with Gasteiger partial charge < -0.3 is 10.1 Å². The number of rotatable bonds is 3. The van der Waals surface area contributed by atoms with Crippen LogP contribution in [0.3, 0.4) is 0 Å². The van der Waals surface area contributed by atoms with E-state index in [1.807, 2.05) is 43.3 Å². The van der Waals surface area contributed by atoms with Gasteiger partial charge in [-0.2, -0.15) is 5.11 Å². The van der Waals surface area contributed by atoms with Crippen LogP contribution in [0.1, 0.15) is 18.1 Å². The summed E-state index contributed by atoms with van der Waals surface area (Å²) in [4.78, 5) is 2.92. The summed E-state index contributed by atoms with van der Waals surface area (Å²) in [5, 5.41) is 20.0. The summed E-state index contributed by atoms with van der Waals surface area (Å²) < 4.78 is 0. The number of benzene rings is 2. The molecule has 22 heavy (non-hydrogen) atoms. The van der Waals surface area contributed by atoms with Gasteiger partial charge in [-0.05, 0) is 48.7 Å². The van der Waals surface area contributed by atoms with Gasteiger partial charge in [0.2, 0.25) is 5.88 Å². The average Bonchev–Trinajstić information content (AvgIpc) is 2.83. The molecule has 3 aromatic rings. The number of hydrogen-bond acceptors (Lipinski definition) is 3. The van der Waals surface area contributed by atoms with E-state index in [1.54, 1.807) is 0 Å². The molecule has 1 heterocycles.